The predicted octanol–water partition coefficient (Wildman–Crippen LogP) is -6.27. The third-order valence-electron chi connectivity index (χ3n) is 3.35. The number of phosphoric acid groups is 1. The van der Waals surface area contributed by atoms with Gasteiger partial charge in [0.05, 0.1) is 6.61 Å². The molecule has 0 rings (SSSR count). The predicted molar refractivity (Wildman–Crippen MR) is 83.1 cm³/mol. The van der Waals surface area contributed by atoms with Crippen LogP contribution in [0.4, 0.5) is 0 Å². The van der Waals surface area contributed by atoms with Gasteiger partial charge in [0.25, 0.3) is 0 Å². The minimum Gasteiger partial charge on any atom is -0.461 e. The van der Waals surface area contributed by atoms with Crippen LogP contribution in [0.25, 0.3) is 0 Å². The van der Waals surface area contributed by atoms with Crippen molar-refractivity contribution in [2.75, 3.05) is 13.2 Å². The molecule has 0 aliphatic carbocycles. The number of aliphatic hydroxyl groups is 8. The smallest absolute Gasteiger partial charge is 0.461 e. The van der Waals surface area contributed by atoms with Crippen molar-refractivity contribution in [1.82, 2.24) is 0 Å². The first kappa shape index (κ1) is 26.9. The number of ether oxygens (including phenoxy) is 1. The fraction of sp³-hybridized carbons (Fsp3) is 0.833. The van der Waals surface area contributed by atoms with Crippen LogP contribution in [0, 0.1) is 0 Å². The number of phosphoric ester groups is 1. The summed E-state index contributed by atoms with van der Waals surface area (Å²) in [6.07, 6.45) is -18.1. The number of aldehydes is 1. The van der Waals surface area contributed by atoms with E-state index in [2.05, 4.69) is 9.26 Å². The summed E-state index contributed by atoms with van der Waals surface area (Å²) < 4.78 is 19.3. The van der Waals surface area contributed by atoms with Gasteiger partial charge in [-0.05, 0) is 0 Å². The molecule has 0 bridgehead atoms. The molecule has 0 aromatic carbocycles. The van der Waals surface area contributed by atoms with Crippen molar-refractivity contribution >= 4 is 20.1 Å². The molecular weight excluding hydrogens is 415 g/mol. The SMILES string of the molecule is O=C[C@H](O)[C@@H](O)[C@H](O)[C@H](O)COC(=O)[C@H](OP(=O)(O)O)[C@@H](O)[C@H](O)[C@H](O)CO. The van der Waals surface area contributed by atoms with Crippen molar-refractivity contribution in [3.8, 4) is 0 Å². The molecule has 0 aliphatic heterocycles. The molecule has 166 valence electrons. The van der Waals surface area contributed by atoms with Gasteiger partial charge in [0, 0.05) is 0 Å². The van der Waals surface area contributed by atoms with E-state index < -0.39 is 75.8 Å². The molecule has 15 nitrogen and oxygen atoms in total. The molecule has 8 atom stereocenters. The van der Waals surface area contributed by atoms with Gasteiger partial charge in [0.1, 0.15) is 49.3 Å². The second-order valence-electron chi connectivity index (χ2n) is 5.55. The van der Waals surface area contributed by atoms with Crippen LogP contribution in [0.15, 0.2) is 0 Å². The first-order chi connectivity index (χ1) is 12.8. The lowest BCUT2D eigenvalue weighted by molar-refractivity contribution is -0.176. The van der Waals surface area contributed by atoms with Crippen molar-refractivity contribution in [1.29, 1.82) is 0 Å². The second-order valence-corrected chi connectivity index (χ2v) is 6.74. The Morgan fingerprint density at radius 1 is 0.893 bits per heavy atom. The molecule has 0 unspecified atom stereocenters. The molecular formula is C12H23O15P. The fourth-order valence-corrected chi connectivity index (χ4v) is 2.27. The zero-order valence-electron chi connectivity index (χ0n) is 14.1. The molecule has 0 heterocycles. The summed E-state index contributed by atoms with van der Waals surface area (Å²) in [5.74, 6) is -1.78. The first-order valence-electron chi connectivity index (χ1n) is 7.50. The molecule has 16 heteroatoms. The first-order valence-corrected chi connectivity index (χ1v) is 9.03. The largest absolute Gasteiger partial charge is 0.470 e. The lowest BCUT2D eigenvalue weighted by Crippen LogP contribution is -2.51. The zero-order valence-corrected chi connectivity index (χ0v) is 15.0. The van der Waals surface area contributed by atoms with Crippen LogP contribution >= 0.6 is 7.82 Å². The minimum atomic E-state index is -5.45. The van der Waals surface area contributed by atoms with Crippen LogP contribution in [0.1, 0.15) is 0 Å². The number of carbonyl (C=O) groups excluding carboxylic acids is 2. The molecule has 0 aromatic heterocycles. The van der Waals surface area contributed by atoms with Crippen molar-refractivity contribution in [2.24, 2.45) is 0 Å². The van der Waals surface area contributed by atoms with E-state index >= 15 is 0 Å². The van der Waals surface area contributed by atoms with Gasteiger partial charge in [-0.2, -0.15) is 0 Å². The highest BCUT2D eigenvalue weighted by molar-refractivity contribution is 7.46. The quantitative estimate of drug-likeness (QED) is 0.0727. The van der Waals surface area contributed by atoms with Gasteiger partial charge in [-0.15, -0.1) is 0 Å². The summed E-state index contributed by atoms with van der Waals surface area (Å²) in [5, 5.41) is 74.7. The summed E-state index contributed by atoms with van der Waals surface area (Å²) in [6.45, 7) is -2.27. The third-order valence-corrected chi connectivity index (χ3v) is 3.86. The Hall–Kier alpha value is -1.07. The van der Waals surface area contributed by atoms with Crippen LogP contribution in [-0.2, 0) is 23.4 Å². The minimum absolute atomic E-state index is 0.152. The normalized spacial score (nSPS) is 20.9. The molecule has 0 saturated carbocycles. The summed E-state index contributed by atoms with van der Waals surface area (Å²) in [5.41, 5.74) is 0. The maximum absolute atomic E-state index is 11.9. The zero-order chi connectivity index (χ0) is 22.2. The molecule has 0 fully saturated rings. The molecule has 0 aromatic rings. The Labute approximate surface area is 157 Å². The molecule has 0 radical (unpaired) electrons. The summed E-state index contributed by atoms with van der Waals surface area (Å²) in [6, 6.07) is 0. The van der Waals surface area contributed by atoms with Crippen LogP contribution < -0.4 is 0 Å². The number of carbonyl (C=O) groups is 2. The van der Waals surface area contributed by atoms with Crippen LogP contribution in [0.5, 0.6) is 0 Å². The number of hydrogen-bond donors (Lipinski definition) is 10. The topological polar surface area (TPSA) is 272 Å². The third kappa shape index (κ3) is 8.52. The summed E-state index contributed by atoms with van der Waals surface area (Å²) in [4.78, 5) is 39.8. The molecule has 0 spiro atoms. The molecule has 0 amide bonds. The number of esters is 1. The van der Waals surface area contributed by atoms with Gasteiger partial charge in [-0.1, -0.05) is 0 Å². The maximum Gasteiger partial charge on any atom is 0.470 e. The maximum atomic E-state index is 11.9. The Balaban J connectivity index is 5.15. The Kier molecular flexibility index (Phi) is 11.4. The Morgan fingerprint density at radius 2 is 1.39 bits per heavy atom. The molecule has 28 heavy (non-hydrogen) atoms. The van der Waals surface area contributed by atoms with Gasteiger partial charge in [-0.25, -0.2) is 9.36 Å². The van der Waals surface area contributed by atoms with Gasteiger partial charge in [0.15, 0.2) is 12.4 Å². The fourth-order valence-electron chi connectivity index (χ4n) is 1.77. The Morgan fingerprint density at radius 3 is 1.82 bits per heavy atom. The molecule has 0 saturated heterocycles. The van der Waals surface area contributed by atoms with Crippen molar-refractivity contribution in [3.05, 3.63) is 0 Å². The van der Waals surface area contributed by atoms with E-state index in [1.54, 1.807) is 0 Å². The highest BCUT2D eigenvalue weighted by atomic mass is 31.2. The van der Waals surface area contributed by atoms with Crippen molar-refractivity contribution in [3.63, 3.8) is 0 Å². The van der Waals surface area contributed by atoms with Crippen molar-refractivity contribution < 1.29 is 74.1 Å². The second kappa shape index (κ2) is 11.8. The lowest BCUT2D eigenvalue weighted by Gasteiger charge is -2.28. The summed E-state index contributed by atoms with van der Waals surface area (Å²) >= 11 is 0. The van der Waals surface area contributed by atoms with Gasteiger partial charge < -0.3 is 60.2 Å². The monoisotopic (exact) mass is 438 g/mol. The highest BCUT2D eigenvalue weighted by Gasteiger charge is 2.42. The number of aliphatic hydroxyl groups excluding tert-OH is 8. The Bertz CT molecular complexity index is 537. The van der Waals surface area contributed by atoms with E-state index in [1.165, 1.54) is 0 Å². The standard InChI is InChI=1S/C12H23O15P/c13-1-4(15)7(18)9(20)6(17)3-26-12(22)11(27-28(23,24)25)10(21)8(19)5(16)2-14/h1,4-11,14-21H,2-3H2,(H2,23,24,25)/t4-,5+,6+,7+,8+,9+,10-,11+/m0/s1. The highest BCUT2D eigenvalue weighted by Crippen LogP contribution is 2.39. The average molecular weight is 438 g/mol. The van der Waals surface area contributed by atoms with E-state index in [0.717, 1.165) is 0 Å². The van der Waals surface area contributed by atoms with Crippen molar-refractivity contribution in [2.45, 2.75) is 48.8 Å². The summed E-state index contributed by atoms with van der Waals surface area (Å²) in [7, 11) is -5.45. The van der Waals surface area contributed by atoms with E-state index in [4.69, 9.17) is 20.0 Å². The van der Waals surface area contributed by atoms with Crippen LogP contribution in [0.3, 0.4) is 0 Å². The van der Waals surface area contributed by atoms with E-state index in [1.807, 2.05) is 0 Å². The number of rotatable bonds is 13. The number of hydrogen-bond acceptors (Lipinski definition) is 13. The van der Waals surface area contributed by atoms with Crippen LogP contribution in [0.2, 0.25) is 0 Å². The van der Waals surface area contributed by atoms with Crippen LogP contribution in [-0.4, -0.2) is 125 Å². The van der Waals surface area contributed by atoms with Gasteiger partial charge >= 0.3 is 13.8 Å². The lowest BCUT2D eigenvalue weighted by atomic mass is 10.0. The molecule has 0 aliphatic rings. The van der Waals surface area contributed by atoms with E-state index in [-0.39, 0.29) is 6.29 Å². The average Bonchev–Trinajstić information content (AvgIpc) is 2.65. The van der Waals surface area contributed by atoms with E-state index in [0.29, 0.717) is 0 Å². The molecule has 10 N–H and O–H groups in total. The van der Waals surface area contributed by atoms with Gasteiger partial charge in [-0.3, -0.25) is 4.52 Å². The van der Waals surface area contributed by atoms with Gasteiger partial charge in [0.2, 0.25) is 0 Å². The van der Waals surface area contributed by atoms with E-state index in [9.17, 15) is 44.8 Å².